The van der Waals surface area contributed by atoms with Crippen molar-refractivity contribution in [2.45, 2.75) is 51.0 Å². The Kier molecular flexibility index (Phi) is 4.88. The van der Waals surface area contributed by atoms with E-state index in [-0.39, 0.29) is 11.4 Å². The van der Waals surface area contributed by atoms with Gasteiger partial charge >= 0.3 is 0 Å². The minimum Gasteiger partial charge on any atom is -0.497 e. The monoisotopic (exact) mass is 327 g/mol. The molecule has 128 valence electrons. The van der Waals surface area contributed by atoms with Crippen molar-refractivity contribution in [2.24, 2.45) is 0 Å². The minimum absolute atomic E-state index is 0.113. The fraction of sp³-hybridized carbons (Fsp3) is 0.474. The lowest BCUT2D eigenvalue weighted by Crippen LogP contribution is -2.44. The average Bonchev–Trinajstić information content (AvgIpc) is 3.26. The first-order valence-corrected chi connectivity index (χ1v) is 8.68. The van der Waals surface area contributed by atoms with E-state index in [0.29, 0.717) is 5.69 Å². The number of rotatable bonds is 6. The summed E-state index contributed by atoms with van der Waals surface area (Å²) in [7, 11) is 1.66. The van der Waals surface area contributed by atoms with Gasteiger partial charge in [0.05, 0.1) is 12.6 Å². The Balaban J connectivity index is 1.83. The molecule has 1 aromatic carbocycles. The van der Waals surface area contributed by atoms with Gasteiger partial charge in [0.1, 0.15) is 11.4 Å². The molecule has 2 aromatic rings. The second-order valence-corrected chi connectivity index (χ2v) is 6.50. The number of nitrogens with one attached hydrogen (secondary N) is 2. The highest BCUT2D eigenvalue weighted by atomic mass is 16.5. The number of aromatic nitrogens is 2. The Morgan fingerprint density at radius 2 is 2.12 bits per heavy atom. The van der Waals surface area contributed by atoms with Gasteiger partial charge < -0.3 is 10.1 Å². The van der Waals surface area contributed by atoms with Crippen LogP contribution in [0.5, 0.6) is 5.75 Å². The molecule has 24 heavy (non-hydrogen) atoms. The molecule has 0 unspecified atom stereocenters. The van der Waals surface area contributed by atoms with E-state index >= 15 is 0 Å². The summed E-state index contributed by atoms with van der Waals surface area (Å²) in [5.74, 6) is 0.705. The highest BCUT2D eigenvalue weighted by Gasteiger charge is 2.37. The molecule has 5 nitrogen and oxygen atoms in total. The summed E-state index contributed by atoms with van der Waals surface area (Å²) in [4.78, 5) is 12.7. The molecule has 1 fully saturated rings. The first kappa shape index (κ1) is 16.6. The van der Waals surface area contributed by atoms with Gasteiger partial charge in [0, 0.05) is 5.69 Å². The van der Waals surface area contributed by atoms with Crippen LogP contribution in [0.3, 0.4) is 0 Å². The number of carbonyl (C=O) groups is 1. The van der Waals surface area contributed by atoms with Crippen LogP contribution in [0, 0.1) is 0 Å². The van der Waals surface area contributed by atoms with Crippen LogP contribution in [-0.2, 0) is 12.0 Å². The minimum atomic E-state index is -0.324. The predicted octanol–water partition coefficient (Wildman–Crippen LogP) is 3.57. The second kappa shape index (κ2) is 7.07. The van der Waals surface area contributed by atoms with Gasteiger partial charge in [-0.15, -0.1) is 0 Å². The summed E-state index contributed by atoms with van der Waals surface area (Å²) in [6.45, 7) is 2.11. The van der Waals surface area contributed by atoms with Gasteiger partial charge in [0.15, 0.2) is 0 Å². The number of aromatic amines is 1. The summed E-state index contributed by atoms with van der Waals surface area (Å²) in [6.07, 6.45) is 6.03. The van der Waals surface area contributed by atoms with E-state index in [9.17, 15) is 4.79 Å². The Morgan fingerprint density at radius 1 is 1.33 bits per heavy atom. The second-order valence-electron chi connectivity index (χ2n) is 6.50. The normalized spacial score (nSPS) is 16.1. The number of nitrogens with zero attached hydrogens (tertiary/aromatic N) is 1. The number of carbonyl (C=O) groups excluding carboxylic acids is 1. The molecule has 0 atom stereocenters. The number of hydrogen-bond acceptors (Lipinski definition) is 3. The molecule has 0 bridgehead atoms. The van der Waals surface area contributed by atoms with Crippen LogP contribution in [0.1, 0.15) is 60.8 Å². The number of methoxy groups -OCH3 is 1. The van der Waals surface area contributed by atoms with E-state index in [2.05, 4.69) is 28.5 Å². The van der Waals surface area contributed by atoms with Crippen molar-refractivity contribution >= 4 is 5.91 Å². The highest BCUT2D eigenvalue weighted by Crippen LogP contribution is 2.40. The molecule has 5 heteroatoms. The Labute approximate surface area is 142 Å². The quantitative estimate of drug-likeness (QED) is 0.852. The van der Waals surface area contributed by atoms with Crippen LogP contribution in [0.4, 0.5) is 0 Å². The van der Waals surface area contributed by atoms with Crippen molar-refractivity contribution in [1.29, 1.82) is 0 Å². The maximum absolute atomic E-state index is 12.7. The molecule has 0 saturated heterocycles. The third kappa shape index (κ3) is 3.30. The van der Waals surface area contributed by atoms with E-state index < -0.39 is 0 Å². The largest absolute Gasteiger partial charge is 0.497 e. The van der Waals surface area contributed by atoms with Gasteiger partial charge in [0.25, 0.3) is 5.91 Å². The molecule has 0 aliphatic heterocycles. The highest BCUT2D eigenvalue weighted by molar-refractivity contribution is 5.93. The molecule has 0 spiro atoms. The summed E-state index contributed by atoms with van der Waals surface area (Å²) < 4.78 is 5.35. The molecule has 1 heterocycles. The van der Waals surface area contributed by atoms with Gasteiger partial charge in [-0.3, -0.25) is 9.89 Å². The predicted molar refractivity (Wildman–Crippen MR) is 93.2 cm³/mol. The SMILES string of the molecule is CCCc1cc(C(=O)NC2(c3cccc(OC)c3)CCCC2)n[nH]1. The number of amides is 1. The van der Waals surface area contributed by atoms with Crippen LogP contribution < -0.4 is 10.1 Å². The summed E-state index contributed by atoms with van der Waals surface area (Å²) >= 11 is 0. The summed E-state index contributed by atoms with van der Waals surface area (Å²) in [5, 5.41) is 10.4. The topological polar surface area (TPSA) is 67.0 Å². The fourth-order valence-corrected chi connectivity index (χ4v) is 3.54. The lowest BCUT2D eigenvalue weighted by Gasteiger charge is -2.31. The van der Waals surface area contributed by atoms with Gasteiger partial charge in [0.2, 0.25) is 0 Å². The zero-order valence-corrected chi connectivity index (χ0v) is 14.4. The van der Waals surface area contributed by atoms with Gasteiger partial charge in [-0.1, -0.05) is 38.3 Å². The van der Waals surface area contributed by atoms with Crippen molar-refractivity contribution in [3.63, 3.8) is 0 Å². The van der Waals surface area contributed by atoms with E-state index in [4.69, 9.17) is 4.74 Å². The fourth-order valence-electron chi connectivity index (χ4n) is 3.54. The van der Waals surface area contributed by atoms with Crippen molar-refractivity contribution in [3.8, 4) is 5.75 Å². The van der Waals surface area contributed by atoms with Crippen molar-refractivity contribution in [1.82, 2.24) is 15.5 Å². The molecule has 1 saturated carbocycles. The standard InChI is InChI=1S/C19H25N3O2/c1-3-7-15-13-17(22-21-15)18(23)20-19(10-4-5-11-19)14-8-6-9-16(12-14)24-2/h6,8-9,12-13H,3-5,7,10-11H2,1-2H3,(H,20,23)(H,21,22). The molecular weight excluding hydrogens is 302 g/mol. The van der Waals surface area contributed by atoms with Crippen LogP contribution in [-0.4, -0.2) is 23.2 Å². The molecule has 0 radical (unpaired) electrons. The maximum atomic E-state index is 12.7. The van der Waals surface area contributed by atoms with Crippen molar-refractivity contribution < 1.29 is 9.53 Å². The van der Waals surface area contributed by atoms with E-state index in [1.165, 1.54) is 0 Å². The third-order valence-corrected chi connectivity index (χ3v) is 4.82. The molecule has 2 N–H and O–H groups in total. The van der Waals surface area contributed by atoms with Crippen molar-refractivity contribution in [3.05, 3.63) is 47.3 Å². The molecule has 3 rings (SSSR count). The zero-order valence-electron chi connectivity index (χ0n) is 14.4. The first-order valence-electron chi connectivity index (χ1n) is 8.68. The molecule has 1 aliphatic carbocycles. The molecule has 1 amide bonds. The lowest BCUT2D eigenvalue weighted by atomic mass is 9.87. The number of hydrogen-bond donors (Lipinski definition) is 2. The van der Waals surface area contributed by atoms with Gasteiger partial charge in [-0.2, -0.15) is 5.10 Å². The van der Waals surface area contributed by atoms with Crippen LogP contribution in [0.15, 0.2) is 30.3 Å². The van der Waals surface area contributed by atoms with E-state index in [0.717, 1.165) is 55.5 Å². The number of aryl methyl sites for hydroxylation is 1. The third-order valence-electron chi connectivity index (χ3n) is 4.82. The number of H-pyrrole nitrogens is 1. The summed E-state index contributed by atoms with van der Waals surface area (Å²) in [6, 6.07) is 9.86. The Bertz CT molecular complexity index is 702. The Morgan fingerprint density at radius 3 is 2.83 bits per heavy atom. The zero-order chi connectivity index (χ0) is 17.0. The first-order chi connectivity index (χ1) is 11.7. The van der Waals surface area contributed by atoms with E-state index in [1.54, 1.807) is 7.11 Å². The smallest absolute Gasteiger partial charge is 0.272 e. The molecule has 1 aliphatic rings. The van der Waals surface area contributed by atoms with Crippen LogP contribution in [0.25, 0.3) is 0 Å². The number of benzene rings is 1. The number of ether oxygens (including phenoxy) is 1. The molecule has 1 aromatic heterocycles. The summed E-state index contributed by atoms with van der Waals surface area (Å²) in [5.41, 5.74) is 2.25. The van der Waals surface area contributed by atoms with Gasteiger partial charge in [-0.05, 0) is 43.0 Å². The maximum Gasteiger partial charge on any atom is 0.272 e. The van der Waals surface area contributed by atoms with Gasteiger partial charge in [-0.25, -0.2) is 0 Å². The van der Waals surface area contributed by atoms with Crippen molar-refractivity contribution in [2.75, 3.05) is 7.11 Å². The molecular formula is C19H25N3O2. The average molecular weight is 327 g/mol. The van der Waals surface area contributed by atoms with E-state index in [1.807, 2.05) is 24.3 Å². The lowest BCUT2D eigenvalue weighted by molar-refractivity contribution is 0.0892. The van der Waals surface area contributed by atoms with Crippen LogP contribution in [0.2, 0.25) is 0 Å². The van der Waals surface area contributed by atoms with Crippen LogP contribution >= 0.6 is 0 Å². The Hall–Kier alpha value is -2.30.